The first kappa shape index (κ1) is 18.5. The van der Waals surface area contributed by atoms with Crippen LogP contribution in [0.2, 0.25) is 0 Å². The molecule has 5 rings (SSSR count). The van der Waals surface area contributed by atoms with Crippen LogP contribution in [0.15, 0.2) is 85.1 Å². The second-order valence-electron chi connectivity index (χ2n) is 7.23. The molecule has 4 aromatic rings. The van der Waals surface area contributed by atoms with Gasteiger partial charge in [-0.3, -0.25) is 0 Å². The Morgan fingerprint density at radius 2 is 1.53 bits per heavy atom. The molecule has 0 amide bonds. The van der Waals surface area contributed by atoms with Crippen molar-refractivity contribution < 1.29 is 9.47 Å². The zero-order valence-corrected chi connectivity index (χ0v) is 16.6. The molecule has 0 unspecified atom stereocenters. The van der Waals surface area contributed by atoms with E-state index in [1.54, 1.807) is 0 Å². The first-order valence-corrected chi connectivity index (χ1v) is 10.2. The molecular weight excluding hydrogens is 374 g/mol. The predicted octanol–water partition coefficient (Wildman–Crippen LogP) is 4.60. The Hall–Kier alpha value is -3.57. The third kappa shape index (κ3) is 3.93. The van der Waals surface area contributed by atoms with Crippen molar-refractivity contribution in [3.05, 3.63) is 96.2 Å². The van der Waals surface area contributed by atoms with Crippen LogP contribution in [0.4, 0.5) is 0 Å². The van der Waals surface area contributed by atoms with E-state index in [-0.39, 0.29) is 0 Å². The van der Waals surface area contributed by atoms with Crippen molar-refractivity contribution in [2.75, 3.05) is 13.2 Å². The number of fused-ring (bicyclic) bond motifs is 1. The van der Waals surface area contributed by atoms with Gasteiger partial charge in [0, 0.05) is 30.4 Å². The van der Waals surface area contributed by atoms with Gasteiger partial charge in [-0.1, -0.05) is 54.6 Å². The number of hydrogen-bond donors (Lipinski definition) is 1. The highest BCUT2D eigenvalue weighted by molar-refractivity contribution is 5.63. The number of para-hydroxylation sites is 1. The summed E-state index contributed by atoms with van der Waals surface area (Å²) in [5, 5.41) is 8.42. The molecule has 0 saturated heterocycles. The molecule has 1 aromatic heterocycles. The number of rotatable bonds is 6. The van der Waals surface area contributed by atoms with E-state index >= 15 is 0 Å². The third-order valence-corrected chi connectivity index (χ3v) is 5.11. The maximum atomic E-state index is 5.69. The molecule has 1 aliphatic rings. The predicted molar refractivity (Wildman–Crippen MR) is 117 cm³/mol. The van der Waals surface area contributed by atoms with E-state index in [1.807, 2.05) is 53.2 Å². The lowest BCUT2D eigenvalue weighted by molar-refractivity contribution is 0.171. The summed E-state index contributed by atoms with van der Waals surface area (Å²) in [4.78, 5) is 0. The lowest BCUT2D eigenvalue weighted by Gasteiger charge is -2.19. The molecule has 0 aliphatic carbocycles. The van der Waals surface area contributed by atoms with Gasteiger partial charge in [0.15, 0.2) is 11.5 Å². The minimum absolute atomic E-state index is 0.600. The van der Waals surface area contributed by atoms with E-state index in [4.69, 9.17) is 14.6 Å². The summed E-state index contributed by atoms with van der Waals surface area (Å²) in [6.45, 7) is 2.66. The molecule has 30 heavy (non-hydrogen) atoms. The molecule has 1 N–H and O–H groups in total. The summed E-state index contributed by atoms with van der Waals surface area (Å²) >= 11 is 0. The zero-order valence-electron chi connectivity index (χ0n) is 16.6. The number of nitrogens with zero attached hydrogens (tertiary/aromatic N) is 2. The maximum Gasteiger partial charge on any atom is 0.161 e. The SMILES string of the molecule is c1ccc(-c2nn(-c3ccccc3)cc2CNCc2ccc3c(c2)OCCO3)cc1. The first-order chi connectivity index (χ1) is 14.9. The minimum Gasteiger partial charge on any atom is -0.486 e. The Morgan fingerprint density at radius 3 is 2.33 bits per heavy atom. The Balaban J connectivity index is 1.36. The molecule has 5 heteroatoms. The van der Waals surface area contributed by atoms with E-state index in [1.165, 1.54) is 0 Å². The van der Waals surface area contributed by atoms with Crippen molar-refractivity contribution in [3.63, 3.8) is 0 Å². The van der Waals surface area contributed by atoms with Crippen molar-refractivity contribution in [1.29, 1.82) is 0 Å². The number of ether oxygens (including phenoxy) is 2. The van der Waals surface area contributed by atoms with Gasteiger partial charge in [0.2, 0.25) is 0 Å². The van der Waals surface area contributed by atoms with Crippen molar-refractivity contribution in [2.24, 2.45) is 0 Å². The Morgan fingerprint density at radius 1 is 0.800 bits per heavy atom. The molecule has 0 spiro atoms. The maximum absolute atomic E-state index is 5.69. The van der Waals surface area contributed by atoms with Crippen molar-refractivity contribution >= 4 is 0 Å². The monoisotopic (exact) mass is 397 g/mol. The molecule has 3 aromatic carbocycles. The Kier molecular flexibility index (Phi) is 5.19. The number of aromatic nitrogens is 2. The highest BCUT2D eigenvalue weighted by atomic mass is 16.6. The van der Waals surface area contributed by atoms with Gasteiger partial charge in [0.1, 0.15) is 13.2 Å². The summed E-state index contributed by atoms with van der Waals surface area (Å²) in [5.41, 5.74) is 5.48. The molecule has 2 heterocycles. The van der Waals surface area contributed by atoms with Crippen molar-refractivity contribution in [2.45, 2.75) is 13.1 Å². The molecule has 0 fully saturated rings. The summed E-state index contributed by atoms with van der Waals surface area (Å²) < 4.78 is 13.2. The topological polar surface area (TPSA) is 48.3 Å². The smallest absolute Gasteiger partial charge is 0.161 e. The van der Waals surface area contributed by atoms with Crippen LogP contribution in [0, 0.1) is 0 Å². The summed E-state index contributed by atoms with van der Waals surface area (Å²) in [6.07, 6.45) is 2.11. The highest BCUT2D eigenvalue weighted by Crippen LogP contribution is 2.31. The molecular formula is C25H23N3O2. The van der Waals surface area contributed by atoms with Gasteiger partial charge in [0.05, 0.1) is 11.4 Å². The van der Waals surface area contributed by atoms with Crippen LogP contribution in [-0.4, -0.2) is 23.0 Å². The normalized spacial score (nSPS) is 12.7. The molecule has 0 radical (unpaired) electrons. The zero-order chi connectivity index (χ0) is 20.2. The van der Waals surface area contributed by atoms with Gasteiger partial charge >= 0.3 is 0 Å². The largest absolute Gasteiger partial charge is 0.486 e. The van der Waals surface area contributed by atoms with Gasteiger partial charge < -0.3 is 14.8 Å². The quantitative estimate of drug-likeness (QED) is 0.517. The molecule has 0 bridgehead atoms. The van der Waals surface area contributed by atoms with Gasteiger partial charge in [-0.2, -0.15) is 5.10 Å². The fraction of sp³-hybridized carbons (Fsp3) is 0.160. The van der Waals surface area contributed by atoms with Crippen LogP contribution in [0.5, 0.6) is 11.5 Å². The summed E-state index contributed by atoms with van der Waals surface area (Å²) in [6, 6.07) is 26.6. The molecule has 5 nitrogen and oxygen atoms in total. The first-order valence-electron chi connectivity index (χ1n) is 10.2. The molecule has 0 saturated carbocycles. The van der Waals surface area contributed by atoms with Gasteiger partial charge in [-0.05, 0) is 29.8 Å². The van der Waals surface area contributed by atoms with Crippen LogP contribution >= 0.6 is 0 Å². The van der Waals surface area contributed by atoms with Gasteiger partial charge in [-0.15, -0.1) is 0 Å². The highest BCUT2D eigenvalue weighted by Gasteiger charge is 2.14. The minimum atomic E-state index is 0.600. The van der Waals surface area contributed by atoms with Crippen LogP contribution in [0.3, 0.4) is 0 Å². The Bertz CT molecular complexity index is 1120. The third-order valence-electron chi connectivity index (χ3n) is 5.11. The lowest BCUT2D eigenvalue weighted by Crippen LogP contribution is -2.16. The number of nitrogens with one attached hydrogen (secondary N) is 1. The summed E-state index contributed by atoms with van der Waals surface area (Å²) in [5.74, 6) is 1.64. The fourth-order valence-electron chi connectivity index (χ4n) is 3.63. The molecule has 1 aliphatic heterocycles. The van der Waals surface area contributed by atoms with E-state index < -0.39 is 0 Å². The average Bonchev–Trinajstić information content (AvgIpc) is 3.24. The molecule has 150 valence electrons. The summed E-state index contributed by atoms with van der Waals surface area (Å²) in [7, 11) is 0. The standard InChI is InChI=1S/C25H23N3O2/c1-3-7-20(8-4-1)25-21(18-28(27-25)22-9-5-2-6-10-22)17-26-16-19-11-12-23-24(15-19)30-14-13-29-23/h1-12,15,18,26H,13-14,16-17H2. The lowest BCUT2D eigenvalue weighted by atomic mass is 10.1. The van der Waals surface area contributed by atoms with Gasteiger partial charge in [0.25, 0.3) is 0 Å². The Labute approximate surface area is 175 Å². The van der Waals surface area contributed by atoms with E-state index in [9.17, 15) is 0 Å². The second kappa shape index (κ2) is 8.43. The second-order valence-corrected chi connectivity index (χ2v) is 7.23. The number of hydrogen-bond acceptors (Lipinski definition) is 4. The van der Waals surface area contributed by atoms with Crippen molar-refractivity contribution in [3.8, 4) is 28.4 Å². The van der Waals surface area contributed by atoms with Crippen LogP contribution in [0.1, 0.15) is 11.1 Å². The van der Waals surface area contributed by atoms with E-state index in [2.05, 4.69) is 41.8 Å². The van der Waals surface area contributed by atoms with E-state index in [0.717, 1.165) is 46.1 Å². The molecule has 0 atom stereocenters. The van der Waals surface area contributed by atoms with E-state index in [0.29, 0.717) is 19.8 Å². The van der Waals surface area contributed by atoms with Crippen LogP contribution < -0.4 is 14.8 Å². The number of benzene rings is 3. The van der Waals surface area contributed by atoms with Crippen LogP contribution in [0.25, 0.3) is 16.9 Å². The van der Waals surface area contributed by atoms with Crippen LogP contribution in [-0.2, 0) is 13.1 Å². The van der Waals surface area contributed by atoms with Gasteiger partial charge in [-0.25, -0.2) is 4.68 Å². The average molecular weight is 397 g/mol. The fourth-order valence-corrected chi connectivity index (χ4v) is 3.63. The van der Waals surface area contributed by atoms with Crippen molar-refractivity contribution in [1.82, 2.24) is 15.1 Å².